The Kier molecular flexibility index (Phi) is 12.4. The maximum Gasteiger partial charge on any atom is 0.305 e. The van der Waals surface area contributed by atoms with Crippen LogP contribution in [-0.4, -0.2) is 99.6 Å². The summed E-state index contributed by atoms with van der Waals surface area (Å²) in [7, 11) is 0. The largest absolute Gasteiger partial charge is 0.481 e. The summed E-state index contributed by atoms with van der Waals surface area (Å²) < 4.78 is 20.9. The first-order valence-corrected chi connectivity index (χ1v) is 8.83. The second kappa shape index (κ2) is 14.7. The summed E-state index contributed by atoms with van der Waals surface area (Å²) in [5, 5.41) is 11.0. The fourth-order valence-electron chi connectivity index (χ4n) is 1.97. The van der Waals surface area contributed by atoms with Gasteiger partial charge in [0.15, 0.2) is 0 Å². The normalized spacial score (nSPS) is 13.4. The predicted molar refractivity (Wildman–Crippen MR) is 94.4 cm³/mol. The van der Waals surface area contributed by atoms with Gasteiger partial charge in [0.05, 0.1) is 59.3 Å². The molecule has 0 aliphatic carbocycles. The number of imide groups is 1. The summed E-state index contributed by atoms with van der Waals surface area (Å²) in [5.41, 5.74) is 0. The summed E-state index contributed by atoms with van der Waals surface area (Å²) >= 11 is 0. The molecule has 0 spiro atoms. The SMILES string of the molecule is O=C(O)CCOCCOCCOCCOCCNC(=O)CN1C(=O)C=CC1=O. The van der Waals surface area contributed by atoms with E-state index < -0.39 is 23.7 Å². The maximum absolute atomic E-state index is 11.6. The Balaban J connectivity index is 1.81. The third-order valence-corrected chi connectivity index (χ3v) is 3.35. The Bertz CT molecular complexity index is 533. The number of ether oxygens (including phenoxy) is 4. The van der Waals surface area contributed by atoms with Crippen molar-refractivity contribution in [1.29, 1.82) is 0 Å². The van der Waals surface area contributed by atoms with E-state index in [0.29, 0.717) is 39.6 Å². The molecule has 0 aromatic heterocycles. The predicted octanol–water partition coefficient (Wildman–Crippen LogP) is -1.43. The number of carbonyl (C=O) groups is 4. The van der Waals surface area contributed by atoms with E-state index in [4.69, 9.17) is 24.1 Å². The van der Waals surface area contributed by atoms with E-state index >= 15 is 0 Å². The highest BCUT2D eigenvalue weighted by Crippen LogP contribution is 2.02. The van der Waals surface area contributed by atoms with Crippen molar-refractivity contribution >= 4 is 23.7 Å². The second-order valence-electron chi connectivity index (χ2n) is 5.54. The first-order valence-electron chi connectivity index (χ1n) is 8.83. The Morgan fingerprint density at radius 1 is 0.821 bits per heavy atom. The third-order valence-electron chi connectivity index (χ3n) is 3.35. The lowest BCUT2D eigenvalue weighted by molar-refractivity contribution is -0.141. The highest BCUT2D eigenvalue weighted by molar-refractivity contribution is 6.14. The number of nitrogens with one attached hydrogen (secondary N) is 1. The average Bonchev–Trinajstić information content (AvgIpc) is 2.96. The van der Waals surface area contributed by atoms with E-state index in [-0.39, 0.29) is 32.7 Å². The van der Waals surface area contributed by atoms with Crippen molar-refractivity contribution in [2.75, 3.05) is 65.9 Å². The lowest BCUT2D eigenvalue weighted by Crippen LogP contribution is -2.41. The van der Waals surface area contributed by atoms with Gasteiger partial charge < -0.3 is 29.4 Å². The molecule has 0 bridgehead atoms. The van der Waals surface area contributed by atoms with Crippen LogP contribution in [0.25, 0.3) is 0 Å². The van der Waals surface area contributed by atoms with Gasteiger partial charge in [-0.25, -0.2) is 0 Å². The van der Waals surface area contributed by atoms with Crippen molar-refractivity contribution < 1.29 is 43.2 Å². The topological polar surface area (TPSA) is 141 Å². The summed E-state index contributed by atoms with van der Waals surface area (Å²) in [6.45, 7) is 2.59. The lowest BCUT2D eigenvalue weighted by Gasteiger charge is -2.13. The van der Waals surface area contributed by atoms with Gasteiger partial charge in [-0.3, -0.25) is 24.1 Å². The van der Waals surface area contributed by atoms with Crippen LogP contribution in [0, 0.1) is 0 Å². The van der Waals surface area contributed by atoms with Gasteiger partial charge in [-0.05, 0) is 0 Å². The van der Waals surface area contributed by atoms with Crippen molar-refractivity contribution in [2.24, 2.45) is 0 Å². The second-order valence-corrected chi connectivity index (χ2v) is 5.54. The van der Waals surface area contributed by atoms with E-state index in [1.165, 1.54) is 0 Å². The summed E-state index contributed by atoms with van der Waals surface area (Å²) in [6.07, 6.45) is 2.22. The number of nitrogens with zero attached hydrogens (tertiary/aromatic N) is 1. The molecule has 1 heterocycles. The van der Waals surface area contributed by atoms with Gasteiger partial charge in [0.1, 0.15) is 6.54 Å². The number of carboxylic acid groups (broad SMARTS) is 1. The maximum atomic E-state index is 11.6. The smallest absolute Gasteiger partial charge is 0.305 e. The molecule has 1 aliphatic rings. The van der Waals surface area contributed by atoms with Crippen molar-refractivity contribution in [3.05, 3.63) is 12.2 Å². The van der Waals surface area contributed by atoms with Gasteiger partial charge >= 0.3 is 5.97 Å². The van der Waals surface area contributed by atoms with E-state index in [1.54, 1.807) is 0 Å². The molecule has 11 nitrogen and oxygen atoms in total. The van der Waals surface area contributed by atoms with Gasteiger partial charge in [-0.1, -0.05) is 0 Å². The summed E-state index contributed by atoms with van der Waals surface area (Å²) in [4.78, 5) is 45.3. The standard InChI is InChI=1S/C17H26N2O9/c20-14(13-19-15(21)1-2-16(19)22)18-4-6-26-8-10-28-12-11-27-9-7-25-5-3-17(23)24/h1-2H,3-13H2,(H,18,20)(H,23,24). The summed E-state index contributed by atoms with van der Waals surface area (Å²) in [5.74, 6) is -2.33. The first-order chi connectivity index (χ1) is 13.5. The molecule has 1 aliphatic heterocycles. The number of amides is 3. The van der Waals surface area contributed by atoms with Gasteiger partial charge in [0.2, 0.25) is 5.91 Å². The van der Waals surface area contributed by atoms with Crippen LogP contribution in [0.4, 0.5) is 0 Å². The molecule has 0 unspecified atom stereocenters. The Morgan fingerprint density at radius 3 is 1.79 bits per heavy atom. The van der Waals surface area contributed by atoms with Gasteiger partial charge in [-0.15, -0.1) is 0 Å². The fourth-order valence-corrected chi connectivity index (χ4v) is 1.97. The fraction of sp³-hybridized carbons (Fsp3) is 0.647. The number of hydrogen-bond acceptors (Lipinski definition) is 8. The quantitative estimate of drug-likeness (QED) is 0.221. The van der Waals surface area contributed by atoms with Crippen LogP contribution in [0.5, 0.6) is 0 Å². The molecule has 28 heavy (non-hydrogen) atoms. The van der Waals surface area contributed by atoms with E-state index in [0.717, 1.165) is 17.1 Å². The molecule has 0 radical (unpaired) electrons. The number of rotatable bonds is 17. The number of carbonyl (C=O) groups excluding carboxylic acids is 3. The zero-order valence-electron chi connectivity index (χ0n) is 15.6. The van der Waals surface area contributed by atoms with Crippen molar-refractivity contribution in [3.8, 4) is 0 Å². The third kappa shape index (κ3) is 11.4. The van der Waals surface area contributed by atoms with Crippen LogP contribution < -0.4 is 5.32 Å². The molecule has 2 N–H and O–H groups in total. The highest BCUT2D eigenvalue weighted by Gasteiger charge is 2.25. The monoisotopic (exact) mass is 402 g/mol. The molecule has 1 rings (SSSR count). The molecule has 0 aromatic carbocycles. The molecule has 158 valence electrons. The lowest BCUT2D eigenvalue weighted by atomic mass is 10.4. The number of hydrogen-bond donors (Lipinski definition) is 2. The molecule has 11 heteroatoms. The molecule has 0 saturated carbocycles. The average molecular weight is 402 g/mol. The minimum absolute atomic E-state index is 0.0257. The van der Waals surface area contributed by atoms with Gasteiger partial charge in [0.25, 0.3) is 11.8 Å². The van der Waals surface area contributed by atoms with Crippen molar-refractivity contribution in [2.45, 2.75) is 6.42 Å². The van der Waals surface area contributed by atoms with Crippen LogP contribution in [0.3, 0.4) is 0 Å². The van der Waals surface area contributed by atoms with Crippen LogP contribution >= 0.6 is 0 Å². The molecule has 0 fully saturated rings. The van der Waals surface area contributed by atoms with Gasteiger partial charge in [-0.2, -0.15) is 0 Å². The van der Waals surface area contributed by atoms with Crippen molar-refractivity contribution in [3.63, 3.8) is 0 Å². The number of carboxylic acids is 1. The van der Waals surface area contributed by atoms with Crippen LogP contribution in [0.2, 0.25) is 0 Å². The van der Waals surface area contributed by atoms with Gasteiger partial charge in [0, 0.05) is 18.7 Å². The highest BCUT2D eigenvalue weighted by atomic mass is 16.6. The zero-order valence-corrected chi connectivity index (χ0v) is 15.6. The van der Waals surface area contributed by atoms with Crippen LogP contribution in [0.1, 0.15) is 6.42 Å². The first kappa shape index (κ1) is 23.7. The molecule has 0 atom stereocenters. The zero-order chi connectivity index (χ0) is 20.6. The van der Waals surface area contributed by atoms with Crippen LogP contribution in [-0.2, 0) is 38.1 Å². The van der Waals surface area contributed by atoms with Crippen LogP contribution in [0.15, 0.2) is 12.2 Å². The van der Waals surface area contributed by atoms with Crippen molar-refractivity contribution in [1.82, 2.24) is 10.2 Å². The molecule has 0 saturated heterocycles. The molecule has 3 amide bonds. The summed E-state index contributed by atoms with van der Waals surface area (Å²) in [6, 6.07) is 0. The minimum atomic E-state index is -0.897. The van der Waals surface area contributed by atoms with E-state index in [2.05, 4.69) is 5.32 Å². The Labute approximate surface area is 162 Å². The molecular formula is C17H26N2O9. The molecule has 0 aromatic rings. The Hall–Kier alpha value is -2.34. The molecular weight excluding hydrogens is 376 g/mol. The number of aliphatic carboxylic acids is 1. The minimum Gasteiger partial charge on any atom is -0.481 e. The van der Waals surface area contributed by atoms with E-state index in [9.17, 15) is 19.2 Å². The van der Waals surface area contributed by atoms with E-state index in [1.807, 2.05) is 0 Å². The Morgan fingerprint density at radius 2 is 1.29 bits per heavy atom.